The first-order valence-corrected chi connectivity index (χ1v) is 5.80. The highest BCUT2D eigenvalue weighted by Gasteiger charge is 2.10. The first-order chi connectivity index (χ1) is 9.24. The molecule has 0 saturated carbocycles. The molecule has 0 aliphatic rings. The van der Waals surface area contributed by atoms with Gasteiger partial charge in [0.05, 0.1) is 0 Å². The Kier molecular flexibility index (Phi) is 2.71. The maximum atomic E-state index is 4.40. The van der Waals surface area contributed by atoms with Gasteiger partial charge in [-0.1, -0.05) is 12.1 Å². The number of aromatic amines is 2. The summed E-state index contributed by atoms with van der Waals surface area (Å²) in [6, 6.07) is 8.02. The van der Waals surface area contributed by atoms with E-state index >= 15 is 0 Å². The van der Waals surface area contributed by atoms with E-state index in [-0.39, 0.29) is 0 Å². The maximum absolute atomic E-state index is 4.40. The second-order valence-corrected chi connectivity index (χ2v) is 4.29. The summed E-state index contributed by atoms with van der Waals surface area (Å²) in [5.41, 5.74) is 2.05. The number of aromatic nitrogens is 6. The van der Waals surface area contributed by atoms with E-state index in [4.69, 9.17) is 0 Å². The summed E-state index contributed by atoms with van der Waals surface area (Å²) >= 11 is 0. The molecule has 19 heavy (non-hydrogen) atoms. The lowest BCUT2D eigenvalue weighted by Gasteiger charge is -2.12. The van der Waals surface area contributed by atoms with E-state index in [1.54, 1.807) is 0 Å². The lowest BCUT2D eigenvalue weighted by atomic mass is 10.2. The van der Waals surface area contributed by atoms with Crippen molar-refractivity contribution in [2.45, 2.75) is 0 Å². The first kappa shape index (κ1) is 11.4. The molecule has 0 aliphatic carbocycles. The van der Waals surface area contributed by atoms with Crippen molar-refractivity contribution in [1.82, 2.24) is 30.4 Å². The van der Waals surface area contributed by atoms with Gasteiger partial charge in [-0.15, -0.1) is 0 Å². The van der Waals surface area contributed by atoms with Crippen LogP contribution in [-0.2, 0) is 0 Å². The predicted octanol–water partition coefficient (Wildman–Crippen LogP) is 1.32. The normalized spacial score (nSPS) is 10.6. The van der Waals surface area contributed by atoms with Crippen molar-refractivity contribution in [3.05, 3.63) is 30.6 Å². The number of H-pyrrole nitrogens is 2. The van der Waals surface area contributed by atoms with Gasteiger partial charge in [0.25, 0.3) is 0 Å². The standard InChI is InChI=1S/C12H13N7/c1-19(2)9-5-3-4-8(6-9)10-15-12(18-17-10)11-13-7-14-16-11/h3-7H,1-2H3,(H,13,14,16)(H,15,17,18). The van der Waals surface area contributed by atoms with Gasteiger partial charge < -0.3 is 4.90 Å². The van der Waals surface area contributed by atoms with Gasteiger partial charge in [0.15, 0.2) is 17.5 Å². The van der Waals surface area contributed by atoms with E-state index < -0.39 is 0 Å². The van der Waals surface area contributed by atoms with Gasteiger partial charge in [0, 0.05) is 25.3 Å². The van der Waals surface area contributed by atoms with Crippen LogP contribution in [-0.4, -0.2) is 44.5 Å². The molecule has 0 aliphatic heterocycles. The Labute approximate surface area is 109 Å². The molecule has 1 aromatic carbocycles. The zero-order chi connectivity index (χ0) is 13.2. The summed E-state index contributed by atoms with van der Waals surface area (Å²) in [6.07, 6.45) is 1.43. The summed E-state index contributed by atoms with van der Waals surface area (Å²) in [7, 11) is 3.99. The van der Waals surface area contributed by atoms with Crippen LogP contribution in [0.5, 0.6) is 0 Å². The molecule has 96 valence electrons. The molecule has 0 amide bonds. The minimum absolute atomic E-state index is 0.572. The number of hydrogen-bond donors (Lipinski definition) is 2. The van der Waals surface area contributed by atoms with Crippen molar-refractivity contribution in [2.24, 2.45) is 0 Å². The molecule has 0 unspecified atom stereocenters. The number of rotatable bonds is 3. The molecule has 0 bridgehead atoms. The van der Waals surface area contributed by atoms with E-state index in [9.17, 15) is 0 Å². The van der Waals surface area contributed by atoms with Crippen LogP contribution in [0.3, 0.4) is 0 Å². The van der Waals surface area contributed by atoms with Crippen LogP contribution in [0.1, 0.15) is 0 Å². The predicted molar refractivity (Wildman–Crippen MR) is 71.5 cm³/mol. The highest BCUT2D eigenvalue weighted by atomic mass is 15.3. The fourth-order valence-corrected chi connectivity index (χ4v) is 1.74. The van der Waals surface area contributed by atoms with Crippen molar-refractivity contribution in [1.29, 1.82) is 0 Å². The molecule has 3 rings (SSSR count). The Morgan fingerprint density at radius 3 is 2.74 bits per heavy atom. The summed E-state index contributed by atoms with van der Waals surface area (Å²) in [4.78, 5) is 10.5. The zero-order valence-electron chi connectivity index (χ0n) is 10.6. The van der Waals surface area contributed by atoms with Crippen LogP contribution in [0.15, 0.2) is 30.6 Å². The van der Waals surface area contributed by atoms with Crippen molar-refractivity contribution >= 4 is 5.69 Å². The molecule has 7 heteroatoms. The largest absolute Gasteiger partial charge is 0.378 e. The Bertz CT molecular complexity index is 669. The minimum atomic E-state index is 0.572. The van der Waals surface area contributed by atoms with Crippen LogP contribution in [0, 0.1) is 0 Å². The molecule has 3 aromatic rings. The highest BCUT2D eigenvalue weighted by Crippen LogP contribution is 2.22. The van der Waals surface area contributed by atoms with Crippen LogP contribution < -0.4 is 4.90 Å². The number of anilines is 1. The Balaban J connectivity index is 1.97. The second-order valence-electron chi connectivity index (χ2n) is 4.29. The Morgan fingerprint density at radius 1 is 1.11 bits per heavy atom. The Hall–Kier alpha value is -2.70. The topological polar surface area (TPSA) is 86.4 Å². The van der Waals surface area contributed by atoms with Gasteiger partial charge in [-0.25, -0.2) is 9.97 Å². The van der Waals surface area contributed by atoms with Gasteiger partial charge >= 0.3 is 0 Å². The first-order valence-electron chi connectivity index (χ1n) is 5.80. The molecule has 0 spiro atoms. The van der Waals surface area contributed by atoms with Gasteiger partial charge in [-0.05, 0) is 12.1 Å². The highest BCUT2D eigenvalue weighted by molar-refractivity contribution is 5.64. The maximum Gasteiger partial charge on any atom is 0.193 e. The smallest absolute Gasteiger partial charge is 0.193 e. The molecular formula is C12H13N7. The molecule has 2 aromatic heterocycles. The van der Waals surface area contributed by atoms with Crippen molar-refractivity contribution in [2.75, 3.05) is 19.0 Å². The summed E-state index contributed by atoms with van der Waals surface area (Å²) in [5.74, 6) is 1.78. The number of nitrogens with one attached hydrogen (secondary N) is 2. The third kappa shape index (κ3) is 2.17. The summed E-state index contributed by atoms with van der Waals surface area (Å²) in [6.45, 7) is 0. The molecule has 7 nitrogen and oxygen atoms in total. The van der Waals surface area contributed by atoms with E-state index in [0.29, 0.717) is 17.5 Å². The molecule has 0 fully saturated rings. The quantitative estimate of drug-likeness (QED) is 0.737. The molecular weight excluding hydrogens is 242 g/mol. The third-order valence-electron chi connectivity index (χ3n) is 2.75. The number of nitrogens with zero attached hydrogens (tertiary/aromatic N) is 5. The SMILES string of the molecule is CN(C)c1cccc(-c2n[nH]c(-c3ncn[nH]3)n2)c1. The van der Waals surface area contributed by atoms with Crippen LogP contribution in [0.2, 0.25) is 0 Å². The van der Waals surface area contributed by atoms with E-state index in [1.165, 1.54) is 6.33 Å². The minimum Gasteiger partial charge on any atom is -0.378 e. The molecule has 2 heterocycles. The fourth-order valence-electron chi connectivity index (χ4n) is 1.74. The van der Waals surface area contributed by atoms with E-state index in [0.717, 1.165) is 11.3 Å². The fraction of sp³-hybridized carbons (Fsp3) is 0.167. The van der Waals surface area contributed by atoms with Gasteiger partial charge in [-0.2, -0.15) is 10.2 Å². The summed E-state index contributed by atoms with van der Waals surface area (Å²) < 4.78 is 0. The van der Waals surface area contributed by atoms with Crippen LogP contribution in [0.25, 0.3) is 23.0 Å². The van der Waals surface area contributed by atoms with Crippen molar-refractivity contribution in [3.8, 4) is 23.0 Å². The van der Waals surface area contributed by atoms with Crippen LogP contribution in [0.4, 0.5) is 5.69 Å². The average molecular weight is 255 g/mol. The van der Waals surface area contributed by atoms with Gasteiger partial charge in [-0.3, -0.25) is 10.2 Å². The van der Waals surface area contributed by atoms with Crippen LogP contribution >= 0.6 is 0 Å². The van der Waals surface area contributed by atoms with E-state index in [1.807, 2.05) is 43.3 Å². The zero-order valence-corrected chi connectivity index (χ0v) is 10.6. The molecule has 2 N–H and O–H groups in total. The lowest BCUT2D eigenvalue weighted by Crippen LogP contribution is -2.08. The van der Waals surface area contributed by atoms with Gasteiger partial charge in [0.2, 0.25) is 0 Å². The molecule has 0 saturated heterocycles. The number of hydrogen-bond acceptors (Lipinski definition) is 5. The second kappa shape index (κ2) is 4.52. The Morgan fingerprint density at radius 2 is 2.00 bits per heavy atom. The number of benzene rings is 1. The summed E-state index contributed by atoms with van der Waals surface area (Å²) in [5, 5.41) is 13.6. The monoisotopic (exact) mass is 255 g/mol. The molecule has 0 radical (unpaired) electrons. The average Bonchev–Trinajstić information content (AvgIpc) is 3.09. The van der Waals surface area contributed by atoms with Crippen molar-refractivity contribution < 1.29 is 0 Å². The third-order valence-corrected chi connectivity index (χ3v) is 2.75. The van der Waals surface area contributed by atoms with E-state index in [2.05, 4.69) is 30.4 Å². The van der Waals surface area contributed by atoms with Gasteiger partial charge in [0.1, 0.15) is 6.33 Å². The molecule has 0 atom stereocenters. The van der Waals surface area contributed by atoms with Crippen molar-refractivity contribution in [3.63, 3.8) is 0 Å². The lowest BCUT2D eigenvalue weighted by molar-refractivity contribution is 1.05.